The van der Waals surface area contributed by atoms with Crippen LogP contribution in [0.5, 0.6) is 0 Å². The van der Waals surface area contributed by atoms with Gasteiger partial charge in [0.1, 0.15) is 11.9 Å². The summed E-state index contributed by atoms with van der Waals surface area (Å²) in [7, 11) is 1.23. The molecule has 0 bridgehead atoms. The average molecular weight is 280 g/mol. The Morgan fingerprint density at radius 3 is 2.80 bits per heavy atom. The summed E-state index contributed by atoms with van der Waals surface area (Å²) < 4.78 is 4.44. The molecule has 2 rings (SSSR count). The van der Waals surface area contributed by atoms with Crippen LogP contribution in [0.25, 0.3) is 0 Å². The second-order valence-electron chi connectivity index (χ2n) is 4.63. The van der Waals surface area contributed by atoms with E-state index in [9.17, 15) is 14.4 Å². The fourth-order valence-corrected chi connectivity index (χ4v) is 2.12. The number of aryl methyl sites for hydroxylation is 1. The van der Waals surface area contributed by atoms with E-state index in [1.165, 1.54) is 12.0 Å². The van der Waals surface area contributed by atoms with E-state index in [0.29, 0.717) is 17.1 Å². The summed E-state index contributed by atoms with van der Waals surface area (Å²) in [5.41, 5.74) is 0.871. The molecule has 2 heterocycles. The van der Waals surface area contributed by atoms with Crippen molar-refractivity contribution >= 4 is 12.0 Å². The molecule has 0 saturated carbocycles. The predicted octanol–water partition coefficient (Wildman–Crippen LogP) is -0.335. The topological polar surface area (TPSA) is 104 Å². The maximum absolute atomic E-state index is 12.2. The zero-order valence-corrected chi connectivity index (χ0v) is 11.5. The first-order valence-electron chi connectivity index (χ1n) is 6.14. The SMILES string of the molecule is COC(=O)NC(C)C(=O)N1Cc2nc(C)[nH]c(=O)c2C1. The van der Waals surface area contributed by atoms with Crippen molar-refractivity contribution in [3.63, 3.8) is 0 Å². The number of ether oxygens (including phenoxy) is 1. The maximum Gasteiger partial charge on any atom is 0.407 e. The van der Waals surface area contributed by atoms with Gasteiger partial charge in [0.2, 0.25) is 5.91 Å². The summed E-state index contributed by atoms with van der Waals surface area (Å²) in [5.74, 6) is 0.231. The van der Waals surface area contributed by atoms with Crippen LogP contribution in [-0.4, -0.2) is 40.0 Å². The summed E-state index contributed by atoms with van der Waals surface area (Å²) in [5, 5.41) is 2.40. The van der Waals surface area contributed by atoms with Gasteiger partial charge in [-0.2, -0.15) is 0 Å². The number of alkyl carbamates (subject to hydrolysis) is 1. The van der Waals surface area contributed by atoms with Crippen molar-refractivity contribution in [1.82, 2.24) is 20.2 Å². The standard InChI is InChI=1S/C12H16N4O4/c1-6(13-12(19)20-3)11(18)16-4-8-9(5-16)14-7(2)15-10(8)17/h6H,4-5H2,1-3H3,(H,13,19)(H,14,15,17). The summed E-state index contributed by atoms with van der Waals surface area (Å²) in [6.45, 7) is 3.72. The third kappa shape index (κ3) is 2.63. The Kier molecular flexibility index (Phi) is 3.73. The third-order valence-corrected chi connectivity index (χ3v) is 3.11. The number of methoxy groups -OCH3 is 1. The average Bonchev–Trinajstić information content (AvgIpc) is 2.81. The molecule has 1 aliphatic heterocycles. The monoisotopic (exact) mass is 280 g/mol. The second-order valence-corrected chi connectivity index (χ2v) is 4.63. The van der Waals surface area contributed by atoms with Gasteiger partial charge < -0.3 is 19.9 Å². The lowest BCUT2D eigenvalue weighted by Crippen LogP contribution is -2.45. The zero-order chi connectivity index (χ0) is 14.9. The van der Waals surface area contributed by atoms with E-state index in [2.05, 4.69) is 20.0 Å². The number of nitrogens with zero attached hydrogens (tertiary/aromatic N) is 2. The molecular weight excluding hydrogens is 264 g/mol. The van der Waals surface area contributed by atoms with E-state index in [0.717, 1.165) is 0 Å². The molecule has 8 heteroatoms. The van der Waals surface area contributed by atoms with Gasteiger partial charge in [0.05, 0.1) is 31.5 Å². The van der Waals surface area contributed by atoms with Crippen LogP contribution in [0.2, 0.25) is 0 Å². The molecule has 1 aromatic rings. The van der Waals surface area contributed by atoms with Gasteiger partial charge in [0.25, 0.3) is 5.56 Å². The highest BCUT2D eigenvalue weighted by Gasteiger charge is 2.30. The van der Waals surface area contributed by atoms with Gasteiger partial charge in [0, 0.05) is 0 Å². The van der Waals surface area contributed by atoms with Crippen LogP contribution in [0.4, 0.5) is 4.79 Å². The molecule has 20 heavy (non-hydrogen) atoms. The molecule has 1 atom stereocenters. The van der Waals surface area contributed by atoms with Crippen LogP contribution < -0.4 is 10.9 Å². The molecule has 108 valence electrons. The number of aromatic nitrogens is 2. The number of carbonyl (C=O) groups is 2. The van der Waals surface area contributed by atoms with E-state index in [4.69, 9.17) is 0 Å². The van der Waals surface area contributed by atoms with Crippen LogP contribution in [0, 0.1) is 6.92 Å². The minimum absolute atomic E-state index is 0.198. The van der Waals surface area contributed by atoms with Crippen molar-refractivity contribution in [2.24, 2.45) is 0 Å². The van der Waals surface area contributed by atoms with Crippen molar-refractivity contribution in [3.05, 3.63) is 27.4 Å². The summed E-state index contributed by atoms with van der Waals surface area (Å²) in [6, 6.07) is -0.725. The Morgan fingerprint density at radius 1 is 1.45 bits per heavy atom. The van der Waals surface area contributed by atoms with Gasteiger partial charge >= 0.3 is 6.09 Å². The second kappa shape index (κ2) is 5.32. The largest absolute Gasteiger partial charge is 0.453 e. The summed E-state index contributed by atoms with van der Waals surface area (Å²) in [6.07, 6.45) is -0.672. The molecule has 1 aliphatic rings. The Hall–Kier alpha value is -2.38. The van der Waals surface area contributed by atoms with Crippen molar-refractivity contribution in [1.29, 1.82) is 0 Å². The highest BCUT2D eigenvalue weighted by Crippen LogP contribution is 2.18. The number of hydrogen-bond donors (Lipinski definition) is 2. The molecule has 0 fully saturated rings. The highest BCUT2D eigenvalue weighted by atomic mass is 16.5. The summed E-state index contributed by atoms with van der Waals surface area (Å²) >= 11 is 0. The first kappa shape index (κ1) is 14.0. The predicted molar refractivity (Wildman–Crippen MR) is 68.9 cm³/mol. The molecule has 0 spiro atoms. The number of aromatic amines is 1. The van der Waals surface area contributed by atoms with Gasteiger partial charge in [-0.3, -0.25) is 9.59 Å². The lowest BCUT2D eigenvalue weighted by molar-refractivity contribution is -0.133. The molecule has 0 aromatic carbocycles. The van der Waals surface area contributed by atoms with Crippen LogP contribution in [-0.2, 0) is 22.6 Å². The van der Waals surface area contributed by atoms with E-state index in [-0.39, 0.29) is 24.6 Å². The van der Waals surface area contributed by atoms with E-state index >= 15 is 0 Å². The highest BCUT2D eigenvalue weighted by molar-refractivity contribution is 5.85. The number of amides is 2. The lowest BCUT2D eigenvalue weighted by Gasteiger charge is -2.20. The van der Waals surface area contributed by atoms with Crippen LogP contribution in [0.3, 0.4) is 0 Å². The van der Waals surface area contributed by atoms with Crippen molar-refractivity contribution in [2.75, 3.05) is 7.11 Å². The normalized spacial score (nSPS) is 14.7. The Morgan fingerprint density at radius 2 is 2.15 bits per heavy atom. The van der Waals surface area contributed by atoms with E-state index in [1.54, 1.807) is 13.8 Å². The molecule has 2 amide bonds. The molecule has 0 aliphatic carbocycles. The molecule has 0 radical (unpaired) electrons. The third-order valence-electron chi connectivity index (χ3n) is 3.11. The molecule has 1 aromatic heterocycles. The summed E-state index contributed by atoms with van der Waals surface area (Å²) in [4.78, 5) is 43.3. The molecule has 2 N–H and O–H groups in total. The number of fused-ring (bicyclic) bond motifs is 1. The molecule has 1 unspecified atom stereocenters. The number of nitrogens with one attached hydrogen (secondary N) is 2. The van der Waals surface area contributed by atoms with Crippen molar-refractivity contribution in [3.8, 4) is 0 Å². The van der Waals surface area contributed by atoms with Gasteiger partial charge in [0.15, 0.2) is 0 Å². The lowest BCUT2D eigenvalue weighted by atomic mass is 10.3. The van der Waals surface area contributed by atoms with Crippen LogP contribution in [0.1, 0.15) is 24.0 Å². The number of H-pyrrole nitrogens is 1. The molecule has 0 saturated heterocycles. The van der Waals surface area contributed by atoms with Crippen LogP contribution in [0.15, 0.2) is 4.79 Å². The fraction of sp³-hybridized carbons (Fsp3) is 0.500. The minimum atomic E-state index is -0.725. The van der Waals surface area contributed by atoms with Gasteiger partial charge in [-0.25, -0.2) is 9.78 Å². The smallest absolute Gasteiger partial charge is 0.407 e. The Labute approximate surface area is 115 Å². The maximum atomic E-state index is 12.2. The van der Waals surface area contributed by atoms with Gasteiger partial charge in [-0.15, -0.1) is 0 Å². The zero-order valence-electron chi connectivity index (χ0n) is 11.5. The number of hydrogen-bond acceptors (Lipinski definition) is 5. The van der Waals surface area contributed by atoms with Crippen molar-refractivity contribution < 1.29 is 14.3 Å². The van der Waals surface area contributed by atoms with Crippen LogP contribution >= 0.6 is 0 Å². The van der Waals surface area contributed by atoms with E-state index in [1.807, 2.05) is 0 Å². The first-order chi connectivity index (χ1) is 9.42. The number of carbonyl (C=O) groups excluding carboxylic acids is 2. The fourth-order valence-electron chi connectivity index (χ4n) is 2.12. The minimum Gasteiger partial charge on any atom is -0.453 e. The van der Waals surface area contributed by atoms with Gasteiger partial charge in [-0.05, 0) is 13.8 Å². The number of rotatable bonds is 2. The Balaban J connectivity index is 2.11. The quantitative estimate of drug-likeness (QED) is 0.771. The van der Waals surface area contributed by atoms with Crippen molar-refractivity contribution in [2.45, 2.75) is 33.0 Å². The Bertz CT molecular complexity index is 610. The molecule has 8 nitrogen and oxygen atoms in total. The molecular formula is C12H16N4O4. The van der Waals surface area contributed by atoms with Gasteiger partial charge in [-0.1, -0.05) is 0 Å². The van der Waals surface area contributed by atoms with E-state index < -0.39 is 12.1 Å². The first-order valence-corrected chi connectivity index (χ1v) is 6.14.